The molecule has 0 N–H and O–H groups in total. The van der Waals surface area contributed by atoms with E-state index in [4.69, 9.17) is 34.8 Å². The Morgan fingerprint density at radius 1 is 0.667 bits per heavy atom. The first-order valence-corrected chi connectivity index (χ1v) is 10.8. The van der Waals surface area contributed by atoms with Gasteiger partial charge in [0, 0.05) is 0 Å². The molecule has 0 aromatic carbocycles. The topological polar surface area (TPSA) is 34.1 Å². The normalized spacial score (nSPS) is 15.7. The van der Waals surface area contributed by atoms with Gasteiger partial charge < -0.3 is 0 Å². The quantitative estimate of drug-likeness (QED) is 0.258. The first-order valence-electron chi connectivity index (χ1n) is 8.68. The van der Waals surface area contributed by atoms with Gasteiger partial charge in [-0.05, 0) is 12.2 Å². The smallest absolute Gasteiger partial charge is 0.218 e. The Labute approximate surface area is 164 Å². The molecule has 0 bridgehead atoms. The van der Waals surface area contributed by atoms with Crippen molar-refractivity contribution in [1.29, 1.82) is 0 Å². The molecule has 0 spiro atoms. The maximum absolute atomic E-state index is 12.0. The van der Waals surface area contributed by atoms with Crippen molar-refractivity contribution in [3.63, 3.8) is 0 Å². The lowest BCUT2D eigenvalue weighted by atomic mass is 10.1. The second-order valence-electron chi connectivity index (χ2n) is 5.96. The summed E-state index contributed by atoms with van der Waals surface area (Å²) < 4.78 is 0. The third-order valence-corrected chi connectivity index (χ3v) is 6.40. The molecule has 0 aliphatic heterocycles. The third kappa shape index (κ3) is 7.11. The number of hydrogen-bond donors (Lipinski definition) is 0. The number of rotatable bonds is 12. The van der Waals surface area contributed by atoms with Crippen LogP contribution in [0.3, 0.4) is 0 Å². The predicted molar refractivity (Wildman–Crippen MR) is 106 cm³/mol. The van der Waals surface area contributed by atoms with Gasteiger partial charge in [-0.15, -0.1) is 11.8 Å². The Morgan fingerprint density at radius 2 is 1.12 bits per heavy atom. The summed E-state index contributed by atoms with van der Waals surface area (Å²) in [7, 11) is 0. The van der Waals surface area contributed by atoms with E-state index in [2.05, 4.69) is 6.92 Å². The zero-order valence-electron chi connectivity index (χ0n) is 14.1. The molecule has 6 heteroatoms. The lowest BCUT2D eigenvalue weighted by Gasteiger charge is -2.14. The number of carbonyl (C=O) groups excluding carboxylic acids is 2. The Bertz CT molecular complexity index is 512. The van der Waals surface area contributed by atoms with Gasteiger partial charge in [0.2, 0.25) is 11.6 Å². The number of allylic oxidation sites excluding steroid dienone is 4. The van der Waals surface area contributed by atoms with Crippen LogP contribution in [0.5, 0.6) is 0 Å². The van der Waals surface area contributed by atoms with E-state index >= 15 is 0 Å². The number of Topliss-reactive ketones (excluding diaryl/α,β-unsaturated/α-hetero) is 2. The Hall–Kier alpha value is 0.0400. The van der Waals surface area contributed by atoms with Gasteiger partial charge >= 0.3 is 0 Å². The molecule has 0 aromatic rings. The highest BCUT2D eigenvalue weighted by atomic mass is 35.5. The number of hydrogen-bond acceptors (Lipinski definition) is 3. The van der Waals surface area contributed by atoms with Crippen molar-refractivity contribution >= 4 is 58.1 Å². The molecule has 0 unspecified atom stereocenters. The summed E-state index contributed by atoms with van der Waals surface area (Å²) in [6.45, 7) is 2.23. The first-order chi connectivity index (χ1) is 11.5. The molecular weight excluding hydrogens is 387 g/mol. The van der Waals surface area contributed by atoms with E-state index in [9.17, 15) is 9.59 Å². The molecule has 24 heavy (non-hydrogen) atoms. The van der Waals surface area contributed by atoms with E-state index in [1.54, 1.807) is 0 Å². The van der Waals surface area contributed by atoms with Crippen molar-refractivity contribution in [2.75, 3.05) is 5.75 Å². The van der Waals surface area contributed by atoms with Crippen LogP contribution in [0.2, 0.25) is 0 Å². The molecule has 1 aliphatic carbocycles. The summed E-state index contributed by atoms with van der Waals surface area (Å²) >= 11 is 18.7. The van der Waals surface area contributed by atoms with Gasteiger partial charge in [0.05, 0.1) is 4.91 Å². The number of carbonyl (C=O) groups is 2. The van der Waals surface area contributed by atoms with Crippen molar-refractivity contribution in [3.05, 3.63) is 20.0 Å². The summed E-state index contributed by atoms with van der Waals surface area (Å²) in [6, 6.07) is 0. The van der Waals surface area contributed by atoms with Crippen LogP contribution in [-0.2, 0) is 9.59 Å². The van der Waals surface area contributed by atoms with Gasteiger partial charge in [-0.3, -0.25) is 9.59 Å². The predicted octanol–water partition coefficient (Wildman–Crippen LogP) is 6.93. The van der Waals surface area contributed by atoms with Crippen LogP contribution < -0.4 is 0 Å². The number of ketones is 2. The average molecular weight is 412 g/mol. The summed E-state index contributed by atoms with van der Waals surface area (Å²) in [6.07, 6.45) is 12.6. The third-order valence-electron chi connectivity index (χ3n) is 3.94. The zero-order chi connectivity index (χ0) is 17.9. The van der Waals surface area contributed by atoms with E-state index in [1.807, 2.05) is 0 Å². The van der Waals surface area contributed by atoms with Crippen LogP contribution in [-0.4, -0.2) is 17.3 Å². The fraction of sp³-hybridized carbons (Fsp3) is 0.667. The molecule has 1 aliphatic rings. The SMILES string of the molecule is CCCCCCCCCCCCSC1=C(Cl)C(=O)C(Cl)=C(Cl)C1=O. The van der Waals surface area contributed by atoms with E-state index in [-0.39, 0.29) is 20.0 Å². The minimum atomic E-state index is -0.562. The summed E-state index contributed by atoms with van der Waals surface area (Å²) in [5.41, 5.74) is 0. The van der Waals surface area contributed by atoms with Gasteiger partial charge in [-0.1, -0.05) is 99.5 Å². The molecule has 0 aromatic heterocycles. The largest absolute Gasteiger partial charge is 0.287 e. The molecule has 0 fully saturated rings. The summed E-state index contributed by atoms with van der Waals surface area (Å²) in [4.78, 5) is 24.0. The summed E-state index contributed by atoms with van der Waals surface area (Å²) in [5.74, 6) is -0.250. The zero-order valence-corrected chi connectivity index (χ0v) is 17.2. The van der Waals surface area contributed by atoms with Gasteiger partial charge in [-0.2, -0.15) is 0 Å². The molecule has 0 atom stereocenters. The highest BCUT2D eigenvalue weighted by Gasteiger charge is 2.32. The number of thioether (sulfide) groups is 1. The van der Waals surface area contributed by atoms with E-state index in [0.717, 1.165) is 18.6 Å². The van der Waals surface area contributed by atoms with Gasteiger partial charge in [0.25, 0.3) is 0 Å². The van der Waals surface area contributed by atoms with Gasteiger partial charge in [0.15, 0.2) is 0 Å². The van der Waals surface area contributed by atoms with Crippen molar-refractivity contribution in [2.24, 2.45) is 0 Å². The molecular formula is C18H25Cl3O2S. The lowest BCUT2D eigenvalue weighted by Crippen LogP contribution is -2.16. The minimum Gasteiger partial charge on any atom is -0.287 e. The monoisotopic (exact) mass is 410 g/mol. The first kappa shape index (κ1) is 22.1. The standard InChI is InChI=1S/C18H25Cl3O2S/c1-2-3-4-5-6-7-8-9-10-11-12-24-18-15(21)16(22)13(19)14(20)17(18)23/h2-12H2,1H3. The average Bonchev–Trinajstić information content (AvgIpc) is 2.58. The molecule has 136 valence electrons. The van der Waals surface area contributed by atoms with Crippen LogP contribution in [0.1, 0.15) is 71.1 Å². The van der Waals surface area contributed by atoms with E-state index in [0.29, 0.717) is 0 Å². The maximum atomic E-state index is 12.0. The van der Waals surface area contributed by atoms with Crippen molar-refractivity contribution < 1.29 is 9.59 Å². The molecule has 2 nitrogen and oxygen atoms in total. The van der Waals surface area contributed by atoms with Crippen LogP contribution in [0.15, 0.2) is 20.0 Å². The van der Waals surface area contributed by atoms with Gasteiger partial charge in [-0.25, -0.2) is 0 Å². The second-order valence-corrected chi connectivity index (χ2v) is 8.20. The van der Waals surface area contributed by atoms with Gasteiger partial charge in [0.1, 0.15) is 15.1 Å². The Balaban J connectivity index is 2.15. The van der Waals surface area contributed by atoms with Crippen molar-refractivity contribution in [1.82, 2.24) is 0 Å². The fourth-order valence-corrected chi connectivity index (χ4v) is 4.30. The molecule has 0 radical (unpaired) electrons. The van der Waals surface area contributed by atoms with Crippen LogP contribution in [0, 0.1) is 0 Å². The molecule has 0 amide bonds. The highest BCUT2D eigenvalue weighted by Crippen LogP contribution is 2.36. The molecule has 1 rings (SSSR count). The number of unbranched alkanes of at least 4 members (excludes halogenated alkanes) is 9. The van der Waals surface area contributed by atoms with Crippen LogP contribution in [0.25, 0.3) is 0 Å². The Morgan fingerprint density at radius 3 is 1.67 bits per heavy atom. The molecule has 0 saturated carbocycles. The summed E-state index contributed by atoms with van der Waals surface area (Å²) in [5, 5.41) is -0.613. The van der Waals surface area contributed by atoms with Crippen molar-refractivity contribution in [2.45, 2.75) is 71.1 Å². The fourth-order valence-electron chi connectivity index (χ4n) is 2.49. The van der Waals surface area contributed by atoms with Crippen molar-refractivity contribution in [3.8, 4) is 0 Å². The molecule has 0 heterocycles. The van der Waals surface area contributed by atoms with Crippen LogP contribution in [0.4, 0.5) is 0 Å². The van der Waals surface area contributed by atoms with E-state index < -0.39 is 11.6 Å². The second kappa shape index (κ2) is 12.4. The van der Waals surface area contributed by atoms with E-state index in [1.165, 1.54) is 63.1 Å². The minimum absolute atomic E-state index is 0.105. The lowest BCUT2D eigenvalue weighted by molar-refractivity contribution is -0.114. The molecule has 0 saturated heterocycles. The maximum Gasteiger partial charge on any atom is 0.218 e. The number of halogens is 3. The Kier molecular flexibility index (Phi) is 11.4. The highest BCUT2D eigenvalue weighted by molar-refractivity contribution is 8.04. The van der Waals surface area contributed by atoms with Crippen LogP contribution >= 0.6 is 46.6 Å².